The van der Waals surface area contributed by atoms with Gasteiger partial charge in [-0.2, -0.15) is 5.26 Å². The number of β-amino-alcohol motifs (C(OH)–C–C–N with tert-alkyl or cyclic N) is 1. The van der Waals surface area contributed by atoms with E-state index in [0.717, 1.165) is 16.9 Å². The summed E-state index contributed by atoms with van der Waals surface area (Å²) in [7, 11) is 1.66. The van der Waals surface area contributed by atoms with Crippen molar-refractivity contribution in [2.45, 2.75) is 25.1 Å². The molecule has 2 aromatic rings. The lowest BCUT2D eigenvalue weighted by molar-refractivity contribution is 0.172. The van der Waals surface area contributed by atoms with Gasteiger partial charge >= 0.3 is 0 Å². The summed E-state index contributed by atoms with van der Waals surface area (Å²) in [4.78, 5) is 2.26. The predicted octanol–water partition coefficient (Wildman–Crippen LogP) is 2.87. The Balaban J connectivity index is 1.83. The highest BCUT2D eigenvalue weighted by Crippen LogP contribution is 2.34. The molecule has 0 saturated carbocycles. The number of nitrogens with zero attached hydrogens (tertiary/aromatic N) is 2. The summed E-state index contributed by atoms with van der Waals surface area (Å²) in [6, 6.07) is 18.0. The third kappa shape index (κ3) is 3.53. The quantitative estimate of drug-likeness (QED) is 0.943. The van der Waals surface area contributed by atoms with Gasteiger partial charge in [0.1, 0.15) is 5.75 Å². The minimum Gasteiger partial charge on any atom is -0.497 e. The molecule has 1 saturated heterocycles. The molecule has 1 aliphatic rings. The summed E-state index contributed by atoms with van der Waals surface area (Å²) < 4.78 is 5.31. The van der Waals surface area contributed by atoms with Crippen LogP contribution in [0.15, 0.2) is 48.5 Å². The Kier molecular flexibility index (Phi) is 4.61. The van der Waals surface area contributed by atoms with Gasteiger partial charge in [-0.1, -0.05) is 24.3 Å². The number of hydrogen-bond donors (Lipinski definition) is 1. The van der Waals surface area contributed by atoms with Crippen molar-refractivity contribution in [3.63, 3.8) is 0 Å². The molecule has 0 amide bonds. The minimum absolute atomic E-state index is 0.158. The average molecular weight is 308 g/mol. The molecule has 1 aliphatic heterocycles. The van der Waals surface area contributed by atoms with Crippen molar-refractivity contribution in [3.05, 3.63) is 65.2 Å². The smallest absolute Gasteiger partial charge is 0.119 e. The molecule has 0 aliphatic carbocycles. The van der Waals surface area contributed by atoms with Gasteiger partial charge in [0.2, 0.25) is 0 Å². The standard InChI is InChI=1S/C19H20N2O2/c1-23-18-7-3-6-16(9-18)19-10-17(22)13-21(19)12-15-5-2-4-14(8-15)11-20/h2-9,17,19,22H,10,12-13H2,1H3/t17-,19-/m0/s1. The van der Waals surface area contributed by atoms with E-state index in [-0.39, 0.29) is 12.1 Å². The van der Waals surface area contributed by atoms with Crippen LogP contribution in [0.5, 0.6) is 5.75 Å². The molecule has 0 aromatic heterocycles. The van der Waals surface area contributed by atoms with Crippen LogP contribution < -0.4 is 4.74 Å². The lowest BCUT2D eigenvalue weighted by Crippen LogP contribution is -2.24. The van der Waals surface area contributed by atoms with Gasteiger partial charge in [0.25, 0.3) is 0 Å². The number of ether oxygens (including phenoxy) is 1. The molecule has 2 aromatic carbocycles. The first kappa shape index (κ1) is 15.5. The number of benzene rings is 2. The highest BCUT2D eigenvalue weighted by atomic mass is 16.5. The fourth-order valence-electron chi connectivity index (χ4n) is 3.22. The zero-order valence-electron chi connectivity index (χ0n) is 13.1. The molecule has 0 unspecified atom stereocenters. The van der Waals surface area contributed by atoms with Gasteiger partial charge in [0.05, 0.1) is 24.8 Å². The molecule has 0 radical (unpaired) electrons. The lowest BCUT2D eigenvalue weighted by atomic mass is 10.0. The number of aliphatic hydroxyl groups is 1. The molecule has 1 heterocycles. The predicted molar refractivity (Wildman–Crippen MR) is 87.9 cm³/mol. The third-order valence-corrected chi connectivity index (χ3v) is 4.30. The maximum atomic E-state index is 10.1. The van der Waals surface area contributed by atoms with E-state index in [1.807, 2.05) is 42.5 Å². The van der Waals surface area contributed by atoms with E-state index in [4.69, 9.17) is 10.00 Å². The zero-order valence-corrected chi connectivity index (χ0v) is 13.1. The Morgan fingerprint density at radius 3 is 2.87 bits per heavy atom. The maximum absolute atomic E-state index is 10.1. The van der Waals surface area contributed by atoms with E-state index >= 15 is 0 Å². The van der Waals surface area contributed by atoms with E-state index in [2.05, 4.69) is 17.0 Å². The van der Waals surface area contributed by atoms with Crippen LogP contribution in [0.1, 0.15) is 29.2 Å². The molecule has 2 atom stereocenters. The molecule has 1 N–H and O–H groups in total. The topological polar surface area (TPSA) is 56.5 Å². The van der Waals surface area contributed by atoms with Crippen molar-refractivity contribution in [2.24, 2.45) is 0 Å². The summed E-state index contributed by atoms with van der Waals surface area (Å²) in [5, 5.41) is 19.1. The van der Waals surface area contributed by atoms with E-state index < -0.39 is 0 Å². The minimum atomic E-state index is -0.328. The number of aliphatic hydroxyl groups excluding tert-OH is 1. The first-order chi connectivity index (χ1) is 11.2. The number of likely N-dealkylation sites (tertiary alicyclic amines) is 1. The van der Waals surface area contributed by atoms with Crippen LogP contribution in [-0.2, 0) is 6.54 Å². The SMILES string of the molecule is COc1cccc([C@@H]2C[C@H](O)CN2Cc2cccc(C#N)c2)c1. The highest BCUT2D eigenvalue weighted by molar-refractivity contribution is 5.34. The van der Waals surface area contributed by atoms with Crippen LogP contribution in [-0.4, -0.2) is 29.8 Å². The maximum Gasteiger partial charge on any atom is 0.119 e. The highest BCUT2D eigenvalue weighted by Gasteiger charge is 2.32. The van der Waals surface area contributed by atoms with Gasteiger partial charge < -0.3 is 9.84 Å². The van der Waals surface area contributed by atoms with Gasteiger partial charge in [0, 0.05) is 19.1 Å². The molecule has 23 heavy (non-hydrogen) atoms. The van der Waals surface area contributed by atoms with E-state index in [0.29, 0.717) is 25.1 Å². The second-order valence-corrected chi connectivity index (χ2v) is 5.92. The van der Waals surface area contributed by atoms with Crippen molar-refractivity contribution in [2.75, 3.05) is 13.7 Å². The molecule has 1 fully saturated rings. The average Bonchev–Trinajstić information content (AvgIpc) is 2.95. The Morgan fingerprint density at radius 1 is 1.26 bits per heavy atom. The molecular formula is C19H20N2O2. The molecule has 0 spiro atoms. The second-order valence-electron chi connectivity index (χ2n) is 5.92. The summed E-state index contributed by atoms with van der Waals surface area (Å²) in [6.07, 6.45) is 0.385. The summed E-state index contributed by atoms with van der Waals surface area (Å²) in [5.41, 5.74) is 2.91. The first-order valence-corrected chi connectivity index (χ1v) is 7.74. The zero-order chi connectivity index (χ0) is 16.2. The number of hydrogen-bond acceptors (Lipinski definition) is 4. The van der Waals surface area contributed by atoms with Crippen LogP contribution in [0.4, 0.5) is 0 Å². The first-order valence-electron chi connectivity index (χ1n) is 7.74. The van der Waals surface area contributed by atoms with Crippen LogP contribution in [0.25, 0.3) is 0 Å². The fraction of sp³-hybridized carbons (Fsp3) is 0.316. The van der Waals surface area contributed by atoms with E-state index in [1.54, 1.807) is 7.11 Å². The van der Waals surface area contributed by atoms with Gasteiger partial charge in [-0.05, 0) is 41.8 Å². The Morgan fingerprint density at radius 2 is 2.09 bits per heavy atom. The normalized spacial score (nSPS) is 21.1. The van der Waals surface area contributed by atoms with E-state index in [9.17, 15) is 5.11 Å². The van der Waals surface area contributed by atoms with Gasteiger partial charge in [0.15, 0.2) is 0 Å². The molecule has 118 valence electrons. The van der Waals surface area contributed by atoms with Crippen molar-refractivity contribution in [3.8, 4) is 11.8 Å². The summed E-state index contributed by atoms with van der Waals surface area (Å²) >= 11 is 0. The molecule has 4 heteroatoms. The largest absolute Gasteiger partial charge is 0.497 e. The van der Waals surface area contributed by atoms with Gasteiger partial charge in [-0.15, -0.1) is 0 Å². The summed E-state index contributed by atoms with van der Waals surface area (Å²) in [5.74, 6) is 0.829. The second kappa shape index (κ2) is 6.82. The van der Waals surface area contributed by atoms with Crippen LogP contribution in [0.2, 0.25) is 0 Å². The van der Waals surface area contributed by atoms with Crippen LogP contribution in [0.3, 0.4) is 0 Å². The van der Waals surface area contributed by atoms with Crippen LogP contribution >= 0.6 is 0 Å². The Bertz CT molecular complexity index is 723. The van der Waals surface area contributed by atoms with Crippen molar-refractivity contribution in [1.82, 2.24) is 4.90 Å². The van der Waals surface area contributed by atoms with Crippen LogP contribution in [0, 0.1) is 11.3 Å². The molecule has 4 nitrogen and oxygen atoms in total. The third-order valence-electron chi connectivity index (χ3n) is 4.30. The number of nitriles is 1. The fourth-order valence-corrected chi connectivity index (χ4v) is 3.22. The molecule has 0 bridgehead atoms. The number of rotatable bonds is 4. The monoisotopic (exact) mass is 308 g/mol. The molecule has 3 rings (SSSR count). The molecular weight excluding hydrogens is 288 g/mol. The van der Waals surface area contributed by atoms with E-state index in [1.165, 1.54) is 0 Å². The Labute approximate surface area is 136 Å². The van der Waals surface area contributed by atoms with Gasteiger partial charge in [-0.3, -0.25) is 4.90 Å². The van der Waals surface area contributed by atoms with Crippen molar-refractivity contribution < 1.29 is 9.84 Å². The van der Waals surface area contributed by atoms with Crippen molar-refractivity contribution in [1.29, 1.82) is 5.26 Å². The number of methoxy groups -OCH3 is 1. The van der Waals surface area contributed by atoms with Gasteiger partial charge in [-0.25, -0.2) is 0 Å². The van der Waals surface area contributed by atoms with Crippen molar-refractivity contribution >= 4 is 0 Å². The lowest BCUT2D eigenvalue weighted by Gasteiger charge is -2.25. The summed E-state index contributed by atoms with van der Waals surface area (Å²) in [6.45, 7) is 1.35. The Hall–Kier alpha value is -2.35.